The Labute approximate surface area is 126 Å². The van der Waals surface area contributed by atoms with Crippen molar-refractivity contribution in [3.8, 4) is 0 Å². The largest absolute Gasteiger partial charge is 0.396 e. The van der Waals surface area contributed by atoms with E-state index in [0.717, 1.165) is 10.6 Å². The standard InChI is InChI=1S/C14H17FN4OS/c1-9-13(21-8-17-9)6-19(2)7-14(20)18-10-3-4-11(15)12(16)5-10/h3-5,8H,6-7,16H2,1-2H3,(H,18,20). The van der Waals surface area contributed by atoms with Crippen LogP contribution in [0.2, 0.25) is 0 Å². The first-order chi connectivity index (χ1) is 9.95. The molecular weight excluding hydrogens is 291 g/mol. The lowest BCUT2D eigenvalue weighted by Gasteiger charge is -2.15. The summed E-state index contributed by atoms with van der Waals surface area (Å²) in [5.74, 6) is -0.670. The summed E-state index contributed by atoms with van der Waals surface area (Å²) in [4.78, 5) is 19.1. The van der Waals surface area contributed by atoms with Crippen molar-refractivity contribution in [1.82, 2.24) is 9.88 Å². The average molecular weight is 308 g/mol. The van der Waals surface area contributed by atoms with Gasteiger partial charge in [0.05, 0.1) is 23.4 Å². The molecule has 5 nitrogen and oxygen atoms in total. The van der Waals surface area contributed by atoms with Gasteiger partial charge in [-0.05, 0) is 32.2 Å². The first-order valence-corrected chi connectivity index (χ1v) is 7.26. The molecule has 7 heteroatoms. The van der Waals surface area contributed by atoms with Crippen molar-refractivity contribution in [2.45, 2.75) is 13.5 Å². The molecule has 0 saturated heterocycles. The molecule has 2 rings (SSSR count). The fraction of sp³-hybridized carbons (Fsp3) is 0.286. The first-order valence-electron chi connectivity index (χ1n) is 6.38. The van der Waals surface area contributed by atoms with Crippen LogP contribution in [0.5, 0.6) is 0 Å². The highest BCUT2D eigenvalue weighted by atomic mass is 32.1. The molecule has 0 bridgehead atoms. The van der Waals surface area contributed by atoms with Gasteiger partial charge in [-0.3, -0.25) is 9.69 Å². The Bertz CT molecular complexity index is 644. The lowest BCUT2D eigenvalue weighted by atomic mass is 10.2. The Balaban J connectivity index is 1.89. The Morgan fingerprint density at radius 2 is 2.29 bits per heavy atom. The van der Waals surface area contributed by atoms with E-state index in [1.165, 1.54) is 18.2 Å². The molecule has 1 aromatic carbocycles. The van der Waals surface area contributed by atoms with Crippen molar-refractivity contribution in [2.75, 3.05) is 24.6 Å². The smallest absolute Gasteiger partial charge is 0.238 e. The highest BCUT2D eigenvalue weighted by Gasteiger charge is 2.10. The van der Waals surface area contributed by atoms with Crippen molar-refractivity contribution >= 4 is 28.6 Å². The zero-order chi connectivity index (χ0) is 15.4. The summed E-state index contributed by atoms with van der Waals surface area (Å²) in [5.41, 5.74) is 8.74. The van der Waals surface area contributed by atoms with Crippen LogP contribution in [0, 0.1) is 12.7 Å². The van der Waals surface area contributed by atoms with Gasteiger partial charge in [-0.25, -0.2) is 9.37 Å². The number of anilines is 2. The lowest BCUT2D eigenvalue weighted by molar-refractivity contribution is -0.117. The number of nitrogen functional groups attached to an aromatic ring is 1. The number of carbonyl (C=O) groups is 1. The van der Waals surface area contributed by atoms with Crippen molar-refractivity contribution in [3.05, 3.63) is 40.1 Å². The van der Waals surface area contributed by atoms with Crippen LogP contribution >= 0.6 is 11.3 Å². The second kappa shape index (κ2) is 6.64. The molecule has 0 saturated carbocycles. The van der Waals surface area contributed by atoms with Gasteiger partial charge in [0.15, 0.2) is 0 Å². The van der Waals surface area contributed by atoms with Gasteiger partial charge < -0.3 is 11.1 Å². The maximum atomic E-state index is 13.0. The molecule has 2 aromatic rings. The molecule has 3 N–H and O–H groups in total. The van der Waals surface area contributed by atoms with Crippen LogP contribution in [0.4, 0.5) is 15.8 Å². The minimum absolute atomic E-state index is 0.0152. The summed E-state index contributed by atoms with van der Waals surface area (Å²) in [6, 6.07) is 4.12. The van der Waals surface area contributed by atoms with Crippen LogP contribution in [0.15, 0.2) is 23.7 Å². The molecule has 0 unspecified atom stereocenters. The lowest BCUT2D eigenvalue weighted by Crippen LogP contribution is -2.29. The molecule has 1 heterocycles. The minimum Gasteiger partial charge on any atom is -0.396 e. The molecule has 0 aliphatic heterocycles. The highest BCUT2D eigenvalue weighted by molar-refractivity contribution is 7.09. The third-order valence-electron chi connectivity index (χ3n) is 2.95. The van der Waals surface area contributed by atoms with Crippen molar-refractivity contribution in [2.24, 2.45) is 0 Å². The van der Waals surface area contributed by atoms with E-state index in [1.54, 1.807) is 16.8 Å². The Morgan fingerprint density at radius 3 is 2.90 bits per heavy atom. The fourth-order valence-electron chi connectivity index (χ4n) is 1.85. The summed E-state index contributed by atoms with van der Waals surface area (Å²) in [7, 11) is 1.86. The first kappa shape index (κ1) is 15.4. The molecular formula is C14H17FN4OS. The monoisotopic (exact) mass is 308 g/mol. The number of amides is 1. The third-order valence-corrected chi connectivity index (χ3v) is 3.87. The summed E-state index contributed by atoms with van der Waals surface area (Å²) < 4.78 is 13.0. The number of thiazole rings is 1. The van der Waals surface area contributed by atoms with Crippen LogP contribution in [0.25, 0.3) is 0 Å². The van der Waals surface area contributed by atoms with E-state index in [1.807, 2.05) is 18.9 Å². The van der Waals surface area contributed by atoms with Gasteiger partial charge in [-0.2, -0.15) is 0 Å². The number of hydrogen-bond acceptors (Lipinski definition) is 5. The summed E-state index contributed by atoms with van der Waals surface area (Å²) in [6.45, 7) is 2.84. The minimum atomic E-state index is -0.495. The summed E-state index contributed by atoms with van der Waals surface area (Å²) in [6.07, 6.45) is 0. The normalized spacial score (nSPS) is 10.9. The summed E-state index contributed by atoms with van der Waals surface area (Å²) in [5, 5.41) is 2.70. The molecule has 112 valence electrons. The van der Waals surface area contributed by atoms with E-state index in [-0.39, 0.29) is 18.1 Å². The van der Waals surface area contributed by atoms with E-state index in [0.29, 0.717) is 12.2 Å². The number of aryl methyl sites for hydroxylation is 1. The molecule has 21 heavy (non-hydrogen) atoms. The highest BCUT2D eigenvalue weighted by Crippen LogP contribution is 2.17. The number of aromatic nitrogens is 1. The maximum Gasteiger partial charge on any atom is 0.238 e. The van der Waals surface area contributed by atoms with Crippen LogP contribution in [0.3, 0.4) is 0 Å². The molecule has 0 aliphatic carbocycles. The van der Waals surface area contributed by atoms with Gasteiger partial charge in [0, 0.05) is 17.1 Å². The van der Waals surface area contributed by atoms with Crippen LogP contribution in [0.1, 0.15) is 10.6 Å². The Hall–Kier alpha value is -1.99. The number of nitrogens with zero attached hydrogens (tertiary/aromatic N) is 2. The Morgan fingerprint density at radius 1 is 1.52 bits per heavy atom. The molecule has 1 aromatic heterocycles. The zero-order valence-electron chi connectivity index (χ0n) is 11.9. The van der Waals surface area contributed by atoms with Crippen molar-refractivity contribution in [1.29, 1.82) is 0 Å². The predicted octanol–water partition coefficient (Wildman–Crippen LogP) is 2.24. The van der Waals surface area contributed by atoms with Crippen LogP contribution < -0.4 is 11.1 Å². The van der Waals surface area contributed by atoms with Crippen molar-refractivity contribution in [3.63, 3.8) is 0 Å². The van der Waals surface area contributed by atoms with Crippen LogP contribution in [-0.4, -0.2) is 29.4 Å². The molecule has 1 amide bonds. The van der Waals surface area contributed by atoms with Gasteiger partial charge in [0.25, 0.3) is 0 Å². The molecule has 0 radical (unpaired) electrons. The number of hydrogen-bond donors (Lipinski definition) is 2. The van der Waals surface area contributed by atoms with E-state index in [4.69, 9.17) is 5.73 Å². The van der Waals surface area contributed by atoms with E-state index in [2.05, 4.69) is 10.3 Å². The SMILES string of the molecule is Cc1ncsc1CN(C)CC(=O)Nc1ccc(F)c(N)c1. The zero-order valence-corrected chi connectivity index (χ0v) is 12.7. The predicted molar refractivity (Wildman–Crippen MR) is 82.6 cm³/mol. The number of benzene rings is 1. The molecule has 0 fully saturated rings. The van der Waals surface area contributed by atoms with Crippen molar-refractivity contribution < 1.29 is 9.18 Å². The number of carbonyl (C=O) groups excluding carboxylic acids is 1. The molecule has 0 spiro atoms. The van der Waals surface area contributed by atoms with Gasteiger partial charge in [0.2, 0.25) is 5.91 Å². The summed E-state index contributed by atoms with van der Waals surface area (Å²) >= 11 is 1.57. The number of halogens is 1. The Kier molecular flexibility index (Phi) is 4.87. The third kappa shape index (κ3) is 4.24. The number of rotatable bonds is 5. The van der Waals surface area contributed by atoms with E-state index in [9.17, 15) is 9.18 Å². The van der Waals surface area contributed by atoms with E-state index >= 15 is 0 Å². The average Bonchev–Trinajstić information content (AvgIpc) is 2.79. The number of nitrogens with two attached hydrogens (primary N) is 1. The molecule has 0 aliphatic rings. The van der Waals surface area contributed by atoms with Gasteiger partial charge in [-0.15, -0.1) is 11.3 Å². The van der Waals surface area contributed by atoms with Gasteiger partial charge >= 0.3 is 0 Å². The maximum absolute atomic E-state index is 13.0. The molecule has 0 atom stereocenters. The van der Waals surface area contributed by atoms with E-state index < -0.39 is 5.82 Å². The van der Waals surface area contributed by atoms with Crippen LogP contribution in [-0.2, 0) is 11.3 Å². The fourth-order valence-corrected chi connectivity index (χ4v) is 2.70. The second-order valence-corrected chi connectivity index (χ2v) is 5.76. The number of nitrogens with one attached hydrogen (secondary N) is 1. The topological polar surface area (TPSA) is 71.2 Å². The number of likely N-dealkylation sites (N-methyl/N-ethyl adjacent to an activating group) is 1. The van der Waals surface area contributed by atoms with Gasteiger partial charge in [-0.1, -0.05) is 0 Å². The second-order valence-electron chi connectivity index (χ2n) is 4.82. The van der Waals surface area contributed by atoms with Gasteiger partial charge in [0.1, 0.15) is 5.82 Å². The quantitative estimate of drug-likeness (QED) is 0.831.